The van der Waals surface area contributed by atoms with Gasteiger partial charge in [0.1, 0.15) is 5.54 Å². The molecule has 0 radical (unpaired) electrons. The number of amides is 1. The van der Waals surface area contributed by atoms with Gasteiger partial charge < -0.3 is 10.0 Å². The molecule has 126 valence electrons. The van der Waals surface area contributed by atoms with Gasteiger partial charge in [-0.15, -0.1) is 0 Å². The van der Waals surface area contributed by atoms with Gasteiger partial charge in [-0.05, 0) is 20.3 Å². The summed E-state index contributed by atoms with van der Waals surface area (Å²) in [5, 5.41) is 9.10. The van der Waals surface area contributed by atoms with E-state index in [4.69, 9.17) is 5.11 Å². The molecule has 0 aliphatic carbocycles. The van der Waals surface area contributed by atoms with Crippen LogP contribution in [0.3, 0.4) is 0 Å². The normalized spacial score (nSPS) is 10.9. The van der Waals surface area contributed by atoms with Crippen molar-refractivity contribution in [2.45, 2.75) is 90.5 Å². The Morgan fingerprint density at radius 3 is 1.73 bits per heavy atom. The van der Waals surface area contributed by atoms with Crippen LogP contribution in [0.25, 0.3) is 0 Å². The van der Waals surface area contributed by atoms with E-state index in [9.17, 15) is 9.59 Å². The summed E-state index contributed by atoms with van der Waals surface area (Å²) in [4.78, 5) is 24.4. The van der Waals surface area contributed by atoms with Crippen molar-refractivity contribution in [3.8, 4) is 0 Å². The van der Waals surface area contributed by atoms with Crippen LogP contribution >= 0.6 is 0 Å². The summed E-state index contributed by atoms with van der Waals surface area (Å²) < 4.78 is 0. The number of carbonyl (C=O) groups excluding carboxylic acids is 1. The van der Waals surface area contributed by atoms with Crippen molar-refractivity contribution in [1.29, 1.82) is 0 Å². The monoisotopic (exact) mass is 323 g/mol. The fraction of sp³-hybridized carbons (Fsp3) is 0.882. The van der Waals surface area contributed by atoms with E-state index in [1.807, 2.05) is 0 Å². The zero-order valence-corrected chi connectivity index (χ0v) is 14.3. The number of likely N-dealkylation sites (N-methyl/N-ethyl adjacent to an activating group) is 1. The van der Waals surface area contributed by atoms with Crippen molar-refractivity contribution in [2.24, 2.45) is 0 Å². The van der Waals surface area contributed by atoms with Gasteiger partial charge in [0.15, 0.2) is 0 Å². The van der Waals surface area contributed by atoms with E-state index in [1.165, 1.54) is 49.8 Å². The predicted octanol–water partition coefficient (Wildman–Crippen LogP) is 3.58. The van der Waals surface area contributed by atoms with Crippen molar-refractivity contribution >= 4 is 41.4 Å². The first-order chi connectivity index (χ1) is 9.84. The molecule has 0 atom stereocenters. The Balaban J connectivity index is 0. The van der Waals surface area contributed by atoms with E-state index in [-0.39, 0.29) is 35.5 Å². The Morgan fingerprint density at radius 1 is 0.909 bits per heavy atom. The molecule has 22 heavy (non-hydrogen) atoms. The summed E-state index contributed by atoms with van der Waals surface area (Å²) in [6, 6.07) is 0. The predicted molar refractivity (Wildman–Crippen MR) is 93.5 cm³/mol. The van der Waals surface area contributed by atoms with Gasteiger partial charge >= 0.3 is 35.5 Å². The van der Waals surface area contributed by atoms with E-state index in [2.05, 4.69) is 6.92 Å². The van der Waals surface area contributed by atoms with E-state index in [0.717, 1.165) is 12.8 Å². The van der Waals surface area contributed by atoms with E-state index in [1.54, 1.807) is 20.9 Å². The molecule has 4 nitrogen and oxygen atoms in total. The number of hydrogen-bond donors (Lipinski definition) is 1. The van der Waals surface area contributed by atoms with Gasteiger partial charge in [-0.25, -0.2) is 4.79 Å². The number of unbranched alkanes of at least 4 members (excludes halogenated alkanes) is 8. The molecule has 1 N–H and O–H groups in total. The second kappa shape index (κ2) is 13.4. The molecular formula is C17H34NNaO3. The molecule has 0 fully saturated rings. The fourth-order valence-corrected chi connectivity index (χ4v) is 2.21. The molecule has 1 amide bonds. The number of rotatable bonds is 12. The number of nitrogens with zero attached hydrogens (tertiary/aromatic N) is 1. The second-order valence-electron chi connectivity index (χ2n) is 6.40. The van der Waals surface area contributed by atoms with Gasteiger partial charge in [0.2, 0.25) is 5.91 Å². The standard InChI is InChI=1S/C17H33NO3.Na.H/c1-5-6-7-8-9-10-11-12-13-14-15(19)18(4)17(2,3)16(20)21;;/h5-14H2,1-4H3,(H,20,21);;. The van der Waals surface area contributed by atoms with Crippen LogP contribution in [0.5, 0.6) is 0 Å². The third-order valence-electron chi connectivity index (χ3n) is 4.23. The van der Waals surface area contributed by atoms with Crippen LogP contribution < -0.4 is 0 Å². The third kappa shape index (κ3) is 9.86. The number of aliphatic carboxylic acids is 1. The van der Waals surface area contributed by atoms with Crippen molar-refractivity contribution in [3.05, 3.63) is 0 Å². The molecule has 0 aromatic carbocycles. The summed E-state index contributed by atoms with van der Waals surface area (Å²) in [6.07, 6.45) is 11.3. The van der Waals surface area contributed by atoms with Gasteiger partial charge in [-0.2, -0.15) is 0 Å². The molecule has 0 aliphatic heterocycles. The zero-order chi connectivity index (χ0) is 16.3. The van der Waals surface area contributed by atoms with Gasteiger partial charge in [-0.1, -0.05) is 58.3 Å². The zero-order valence-electron chi connectivity index (χ0n) is 14.3. The molecular weight excluding hydrogens is 289 g/mol. The fourth-order valence-electron chi connectivity index (χ4n) is 2.21. The van der Waals surface area contributed by atoms with Crippen LogP contribution in [0.1, 0.15) is 85.0 Å². The Kier molecular flexibility index (Phi) is 14.7. The molecule has 0 heterocycles. The summed E-state index contributed by atoms with van der Waals surface area (Å²) in [7, 11) is 1.57. The van der Waals surface area contributed by atoms with Gasteiger partial charge in [0.05, 0.1) is 0 Å². The summed E-state index contributed by atoms with van der Waals surface area (Å²) in [6.45, 7) is 5.34. The van der Waals surface area contributed by atoms with Crippen molar-refractivity contribution in [3.63, 3.8) is 0 Å². The first-order valence-corrected chi connectivity index (χ1v) is 8.34. The first-order valence-electron chi connectivity index (χ1n) is 8.34. The molecule has 0 saturated carbocycles. The summed E-state index contributed by atoms with van der Waals surface area (Å²) in [5.41, 5.74) is -1.13. The second-order valence-corrected chi connectivity index (χ2v) is 6.40. The maximum absolute atomic E-state index is 12.0. The van der Waals surface area contributed by atoms with E-state index in [0.29, 0.717) is 6.42 Å². The molecule has 0 rings (SSSR count). The molecule has 0 aliphatic rings. The molecule has 0 spiro atoms. The van der Waals surface area contributed by atoms with Gasteiger partial charge in [0, 0.05) is 13.5 Å². The summed E-state index contributed by atoms with van der Waals surface area (Å²) >= 11 is 0. The quantitative estimate of drug-likeness (QED) is 0.441. The van der Waals surface area contributed by atoms with E-state index < -0.39 is 11.5 Å². The SMILES string of the molecule is CCCCCCCCCCCC(=O)N(C)C(C)(C)C(=O)O.[NaH]. The molecule has 0 saturated heterocycles. The average molecular weight is 323 g/mol. The van der Waals surface area contributed by atoms with Gasteiger partial charge in [0.25, 0.3) is 0 Å². The Hall–Kier alpha value is -0.0600. The number of carboxylic acid groups (broad SMARTS) is 1. The molecule has 0 bridgehead atoms. The van der Waals surface area contributed by atoms with Gasteiger partial charge in [-0.3, -0.25) is 4.79 Å². The van der Waals surface area contributed by atoms with Crippen LogP contribution in [0.15, 0.2) is 0 Å². The number of hydrogen-bond acceptors (Lipinski definition) is 2. The van der Waals surface area contributed by atoms with Crippen molar-refractivity contribution in [2.75, 3.05) is 7.05 Å². The number of carboxylic acids is 1. The maximum atomic E-state index is 12.0. The third-order valence-corrected chi connectivity index (χ3v) is 4.23. The minimum atomic E-state index is -1.13. The van der Waals surface area contributed by atoms with Crippen LogP contribution in [0.2, 0.25) is 0 Å². The molecule has 0 aromatic heterocycles. The molecule has 0 aromatic rings. The first kappa shape index (κ1) is 24.2. The van der Waals surface area contributed by atoms with E-state index >= 15 is 0 Å². The molecule has 5 heteroatoms. The van der Waals surface area contributed by atoms with Crippen LogP contribution in [0, 0.1) is 0 Å². The topological polar surface area (TPSA) is 57.6 Å². The van der Waals surface area contributed by atoms with Crippen molar-refractivity contribution < 1.29 is 14.7 Å². The molecule has 0 unspecified atom stereocenters. The van der Waals surface area contributed by atoms with Crippen LogP contribution in [0.4, 0.5) is 0 Å². The number of carbonyl (C=O) groups is 2. The van der Waals surface area contributed by atoms with Crippen LogP contribution in [-0.2, 0) is 9.59 Å². The van der Waals surface area contributed by atoms with Crippen LogP contribution in [-0.4, -0.2) is 64.0 Å². The Bertz CT molecular complexity index is 319. The Morgan fingerprint density at radius 2 is 1.32 bits per heavy atom. The summed E-state index contributed by atoms with van der Waals surface area (Å²) in [5.74, 6) is -1.05. The average Bonchev–Trinajstić information content (AvgIpc) is 2.44. The minimum absolute atomic E-state index is 0. The Labute approximate surface area is 158 Å². The van der Waals surface area contributed by atoms with Crippen molar-refractivity contribution in [1.82, 2.24) is 4.90 Å².